The molecule has 1 heterocycles. The number of sulfonamides is 1. The fraction of sp³-hybridized carbons (Fsp3) is 0.261. The monoisotopic (exact) mass is 442 g/mol. The van der Waals surface area contributed by atoms with Crippen LogP contribution in [0.2, 0.25) is 5.02 Å². The molecule has 1 amide bonds. The number of fused-ring (bicyclic) bond motifs is 1. The largest absolute Gasteiger partial charge is 0.352 e. The first kappa shape index (κ1) is 20.8. The molecule has 1 aliphatic heterocycles. The van der Waals surface area contributed by atoms with E-state index in [1.807, 2.05) is 18.2 Å². The highest BCUT2D eigenvalue weighted by Gasteiger charge is 2.31. The minimum absolute atomic E-state index is 0.0216. The lowest BCUT2D eigenvalue weighted by atomic mass is 9.97. The van der Waals surface area contributed by atoms with Crippen LogP contribution in [0, 0.1) is 5.92 Å². The third-order valence-corrected chi connectivity index (χ3v) is 7.72. The summed E-state index contributed by atoms with van der Waals surface area (Å²) in [7, 11) is -3.56. The van der Waals surface area contributed by atoms with E-state index in [1.54, 1.807) is 12.1 Å². The van der Waals surface area contributed by atoms with Gasteiger partial charge in [-0.2, -0.15) is 4.31 Å². The Balaban J connectivity index is 1.33. The van der Waals surface area contributed by atoms with Crippen LogP contribution in [0.1, 0.15) is 18.4 Å². The first-order valence-corrected chi connectivity index (χ1v) is 11.8. The van der Waals surface area contributed by atoms with Gasteiger partial charge in [0, 0.05) is 30.6 Å². The van der Waals surface area contributed by atoms with E-state index in [0.29, 0.717) is 37.5 Å². The van der Waals surface area contributed by atoms with Crippen molar-refractivity contribution in [3.05, 3.63) is 77.3 Å². The van der Waals surface area contributed by atoms with Gasteiger partial charge in [0.05, 0.1) is 4.90 Å². The molecule has 30 heavy (non-hydrogen) atoms. The summed E-state index contributed by atoms with van der Waals surface area (Å²) in [6, 6.07) is 20.4. The highest BCUT2D eigenvalue weighted by Crippen LogP contribution is 2.25. The molecule has 7 heteroatoms. The van der Waals surface area contributed by atoms with Crippen LogP contribution in [0.3, 0.4) is 0 Å². The van der Waals surface area contributed by atoms with E-state index in [9.17, 15) is 13.2 Å². The van der Waals surface area contributed by atoms with Crippen LogP contribution in [-0.4, -0.2) is 31.7 Å². The second kappa shape index (κ2) is 8.76. The summed E-state index contributed by atoms with van der Waals surface area (Å²) in [4.78, 5) is 12.8. The maximum absolute atomic E-state index is 12.8. The molecule has 4 rings (SSSR count). The van der Waals surface area contributed by atoms with Crippen molar-refractivity contribution in [3.8, 4) is 0 Å². The van der Waals surface area contributed by atoms with Gasteiger partial charge in [-0.3, -0.25) is 4.79 Å². The summed E-state index contributed by atoms with van der Waals surface area (Å²) in [6.45, 7) is 1.13. The normalized spacial score (nSPS) is 15.9. The van der Waals surface area contributed by atoms with Crippen molar-refractivity contribution >= 4 is 38.3 Å². The van der Waals surface area contributed by atoms with Crippen molar-refractivity contribution in [2.45, 2.75) is 24.3 Å². The molecule has 3 aromatic rings. The zero-order valence-electron chi connectivity index (χ0n) is 16.4. The number of carbonyl (C=O) groups is 1. The number of nitrogens with zero attached hydrogens (tertiary/aromatic N) is 1. The summed E-state index contributed by atoms with van der Waals surface area (Å²) in [5.41, 5.74) is 1.05. The Labute approximate surface area is 181 Å². The Bertz CT molecular complexity index is 1150. The van der Waals surface area contributed by atoms with Crippen molar-refractivity contribution in [1.29, 1.82) is 0 Å². The fourth-order valence-electron chi connectivity index (χ4n) is 3.80. The minimum atomic E-state index is -3.56. The van der Waals surface area contributed by atoms with E-state index in [1.165, 1.54) is 21.8 Å². The van der Waals surface area contributed by atoms with Crippen LogP contribution in [0.15, 0.2) is 71.6 Å². The number of hydrogen-bond acceptors (Lipinski definition) is 3. The average molecular weight is 443 g/mol. The Morgan fingerprint density at radius 2 is 1.63 bits per heavy atom. The standard InChI is InChI=1S/C23H23ClN2O3S/c24-21-7-9-22(10-8-21)30(28,29)26-13-11-19(12-14-26)23(27)25-16-17-5-6-18-3-1-2-4-20(18)15-17/h1-10,15,19H,11-14,16H2,(H,25,27). The minimum Gasteiger partial charge on any atom is -0.352 e. The van der Waals surface area contributed by atoms with Crippen LogP contribution < -0.4 is 5.32 Å². The highest BCUT2D eigenvalue weighted by molar-refractivity contribution is 7.89. The number of rotatable bonds is 5. The molecule has 1 N–H and O–H groups in total. The fourth-order valence-corrected chi connectivity index (χ4v) is 5.39. The van der Waals surface area contributed by atoms with Crippen molar-refractivity contribution in [2.75, 3.05) is 13.1 Å². The van der Waals surface area contributed by atoms with E-state index in [2.05, 4.69) is 29.6 Å². The summed E-state index contributed by atoms with van der Waals surface area (Å²) >= 11 is 5.85. The summed E-state index contributed by atoms with van der Waals surface area (Å²) in [5, 5.41) is 5.81. The molecule has 0 atom stereocenters. The van der Waals surface area contributed by atoms with Gasteiger partial charge in [0.2, 0.25) is 15.9 Å². The van der Waals surface area contributed by atoms with Crippen LogP contribution >= 0.6 is 11.6 Å². The molecular weight excluding hydrogens is 420 g/mol. The van der Waals surface area contributed by atoms with Gasteiger partial charge in [-0.05, 0) is 59.5 Å². The topological polar surface area (TPSA) is 66.5 Å². The molecule has 1 aliphatic rings. The van der Waals surface area contributed by atoms with Gasteiger partial charge in [0.25, 0.3) is 0 Å². The van der Waals surface area contributed by atoms with Crippen molar-refractivity contribution in [1.82, 2.24) is 9.62 Å². The third-order valence-electron chi connectivity index (χ3n) is 5.56. The van der Waals surface area contributed by atoms with E-state index in [-0.39, 0.29) is 16.7 Å². The molecule has 1 fully saturated rings. The van der Waals surface area contributed by atoms with Crippen LogP contribution in [0.5, 0.6) is 0 Å². The Hall–Kier alpha value is -2.41. The Morgan fingerprint density at radius 1 is 0.967 bits per heavy atom. The van der Waals surface area contributed by atoms with Crippen molar-refractivity contribution < 1.29 is 13.2 Å². The molecule has 1 saturated heterocycles. The lowest BCUT2D eigenvalue weighted by Gasteiger charge is -2.30. The number of halogens is 1. The lowest BCUT2D eigenvalue weighted by molar-refractivity contribution is -0.126. The zero-order chi connectivity index (χ0) is 21.1. The van der Waals surface area contributed by atoms with Crippen LogP contribution in [-0.2, 0) is 21.4 Å². The van der Waals surface area contributed by atoms with Crippen molar-refractivity contribution in [2.24, 2.45) is 5.92 Å². The molecular formula is C23H23ClN2O3S. The SMILES string of the molecule is O=C(NCc1ccc2ccccc2c1)C1CCN(S(=O)(=O)c2ccc(Cl)cc2)CC1. The Kier molecular flexibility index (Phi) is 6.09. The maximum atomic E-state index is 12.8. The highest BCUT2D eigenvalue weighted by atomic mass is 35.5. The molecule has 0 spiro atoms. The van der Waals surface area contributed by atoms with Gasteiger partial charge in [-0.1, -0.05) is 48.0 Å². The number of hydrogen-bond donors (Lipinski definition) is 1. The first-order chi connectivity index (χ1) is 14.4. The van der Waals surface area contributed by atoms with E-state index in [0.717, 1.165) is 10.9 Å². The zero-order valence-corrected chi connectivity index (χ0v) is 18.0. The van der Waals surface area contributed by atoms with Gasteiger partial charge in [-0.15, -0.1) is 0 Å². The average Bonchev–Trinajstić information content (AvgIpc) is 2.77. The van der Waals surface area contributed by atoms with Crippen LogP contribution in [0.25, 0.3) is 10.8 Å². The maximum Gasteiger partial charge on any atom is 0.243 e. The van der Waals surface area contributed by atoms with Gasteiger partial charge in [0.1, 0.15) is 0 Å². The quantitative estimate of drug-likeness (QED) is 0.643. The first-order valence-electron chi connectivity index (χ1n) is 9.94. The second-order valence-electron chi connectivity index (χ2n) is 7.53. The number of piperidine rings is 1. The number of benzene rings is 3. The van der Waals surface area contributed by atoms with E-state index >= 15 is 0 Å². The summed E-state index contributed by atoms with van der Waals surface area (Å²) in [5.74, 6) is -0.200. The summed E-state index contributed by atoms with van der Waals surface area (Å²) < 4.78 is 27.0. The van der Waals surface area contributed by atoms with Gasteiger partial charge < -0.3 is 5.32 Å². The second-order valence-corrected chi connectivity index (χ2v) is 9.91. The Morgan fingerprint density at radius 3 is 2.33 bits per heavy atom. The van der Waals surface area contributed by atoms with Crippen molar-refractivity contribution in [3.63, 3.8) is 0 Å². The molecule has 0 aliphatic carbocycles. The predicted molar refractivity (Wildman–Crippen MR) is 119 cm³/mol. The molecule has 3 aromatic carbocycles. The van der Waals surface area contributed by atoms with Gasteiger partial charge in [-0.25, -0.2) is 8.42 Å². The number of carbonyl (C=O) groups excluding carboxylic acids is 1. The smallest absolute Gasteiger partial charge is 0.243 e. The third kappa shape index (κ3) is 4.51. The lowest BCUT2D eigenvalue weighted by Crippen LogP contribution is -2.42. The van der Waals surface area contributed by atoms with E-state index in [4.69, 9.17) is 11.6 Å². The number of amides is 1. The molecule has 5 nitrogen and oxygen atoms in total. The molecule has 0 unspecified atom stereocenters. The predicted octanol–water partition coefficient (Wildman–Crippen LogP) is 4.21. The molecule has 0 radical (unpaired) electrons. The van der Waals surface area contributed by atoms with Gasteiger partial charge >= 0.3 is 0 Å². The molecule has 0 saturated carbocycles. The van der Waals surface area contributed by atoms with Crippen LogP contribution in [0.4, 0.5) is 0 Å². The number of nitrogens with one attached hydrogen (secondary N) is 1. The van der Waals surface area contributed by atoms with E-state index < -0.39 is 10.0 Å². The summed E-state index contributed by atoms with van der Waals surface area (Å²) in [6.07, 6.45) is 1.02. The van der Waals surface area contributed by atoms with Gasteiger partial charge in [0.15, 0.2) is 0 Å². The molecule has 0 bridgehead atoms. The molecule has 156 valence electrons. The molecule has 0 aromatic heterocycles.